The van der Waals surface area contributed by atoms with Crippen LogP contribution in [0.4, 0.5) is 0 Å². The number of hydrogen-bond acceptors (Lipinski definition) is 5. The van der Waals surface area contributed by atoms with E-state index in [9.17, 15) is 0 Å². The topological polar surface area (TPSA) is 63.0 Å². The highest BCUT2D eigenvalue weighted by Crippen LogP contribution is 2.42. The molecule has 1 N–H and O–H groups in total. The Morgan fingerprint density at radius 1 is 0.323 bits per heavy atom. The molecule has 0 atom stereocenters. The number of rotatable bonds is 7. The molecule has 62 heavy (non-hydrogen) atoms. The summed E-state index contributed by atoms with van der Waals surface area (Å²) in [5, 5.41) is 7.94. The van der Waals surface area contributed by atoms with Crippen molar-refractivity contribution in [2.45, 2.75) is 6.17 Å². The summed E-state index contributed by atoms with van der Waals surface area (Å²) in [5.74, 6) is 1.52. The molecule has 0 saturated heterocycles. The van der Waals surface area contributed by atoms with Gasteiger partial charge in [0.25, 0.3) is 0 Å². The molecule has 11 aromatic rings. The van der Waals surface area contributed by atoms with E-state index in [4.69, 9.17) is 18.8 Å². The number of fused-ring (bicyclic) bond motifs is 6. The van der Waals surface area contributed by atoms with Crippen LogP contribution in [0.3, 0.4) is 0 Å². The summed E-state index contributed by atoms with van der Waals surface area (Å²) in [4.78, 5) is 10.5. The van der Waals surface area contributed by atoms with E-state index in [1.54, 1.807) is 0 Å². The smallest absolute Gasteiger partial charge is 0.169 e. The lowest BCUT2D eigenvalue weighted by Gasteiger charge is -2.22. The van der Waals surface area contributed by atoms with Gasteiger partial charge >= 0.3 is 0 Å². The molecule has 0 unspecified atom stereocenters. The van der Waals surface area contributed by atoms with Crippen molar-refractivity contribution in [2.24, 2.45) is 9.98 Å². The highest BCUT2D eigenvalue weighted by atomic mass is 16.3. The Labute approximate surface area is 358 Å². The van der Waals surface area contributed by atoms with Crippen molar-refractivity contribution in [2.75, 3.05) is 0 Å². The number of benzene rings is 9. The highest BCUT2D eigenvalue weighted by Gasteiger charge is 2.23. The van der Waals surface area contributed by atoms with Crippen LogP contribution in [0.5, 0.6) is 0 Å². The quantitative estimate of drug-likeness (QED) is 0.175. The third kappa shape index (κ3) is 6.27. The van der Waals surface area contributed by atoms with Crippen LogP contribution in [-0.4, -0.2) is 11.7 Å². The highest BCUT2D eigenvalue weighted by molar-refractivity contribution is 6.17. The fraction of sp³-hybridized carbons (Fsp3) is 0.0175. The maximum absolute atomic E-state index is 6.70. The molecule has 5 heteroatoms. The summed E-state index contributed by atoms with van der Waals surface area (Å²) in [7, 11) is 0. The number of amidine groups is 2. The Morgan fingerprint density at radius 2 is 0.839 bits per heavy atom. The van der Waals surface area contributed by atoms with E-state index >= 15 is 0 Å². The molecule has 3 heterocycles. The fourth-order valence-corrected chi connectivity index (χ4v) is 8.89. The van der Waals surface area contributed by atoms with E-state index < -0.39 is 6.17 Å². The molecule has 0 saturated carbocycles. The third-order valence-corrected chi connectivity index (χ3v) is 12.0. The molecule has 0 radical (unpaired) electrons. The van der Waals surface area contributed by atoms with Gasteiger partial charge in [0.05, 0.1) is 0 Å². The summed E-state index contributed by atoms with van der Waals surface area (Å²) < 4.78 is 12.9. The molecule has 9 aromatic carbocycles. The second kappa shape index (κ2) is 14.8. The van der Waals surface area contributed by atoms with Crippen LogP contribution < -0.4 is 5.32 Å². The van der Waals surface area contributed by atoms with E-state index in [-0.39, 0.29) is 0 Å². The molecule has 0 aliphatic carbocycles. The predicted octanol–water partition coefficient (Wildman–Crippen LogP) is 14.6. The standard InChI is InChI=1S/C57H37N3O2/c1-3-12-36(13-4-1)38-22-26-40(27-23-38)55-58-56(41-28-24-39(25-29-41)37-14-5-2-6-15-37)60-57(59-55)43-30-32-48-53(35-43)62-52-21-11-19-47(54(48)52)45-17-8-7-16-44(45)42-31-33-51-49(34-42)46-18-9-10-20-50(46)61-51/h1-35,57H,(H,58,59,60). The van der Waals surface area contributed by atoms with Gasteiger partial charge in [0, 0.05) is 38.2 Å². The van der Waals surface area contributed by atoms with Crippen molar-refractivity contribution in [1.29, 1.82) is 0 Å². The van der Waals surface area contributed by atoms with Gasteiger partial charge in [-0.05, 0) is 74.8 Å². The Kier molecular flexibility index (Phi) is 8.49. The van der Waals surface area contributed by atoms with Crippen LogP contribution in [-0.2, 0) is 0 Å². The monoisotopic (exact) mass is 795 g/mol. The molecule has 1 aliphatic rings. The van der Waals surface area contributed by atoms with Gasteiger partial charge in [0.1, 0.15) is 34.0 Å². The van der Waals surface area contributed by atoms with Gasteiger partial charge in [0.2, 0.25) is 0 Å². The largest absolute Gasteiger partial charge is 0.456 e. The van der Waals surface area contributed by atoms with Gasteiger partial charge in [-0.25, -0.2) is 9.98 Å². The normalized spacial score (nSPS) is 13.1. The lowest BCUT2D eigenvalue weighted by molar-refractivity contribution is 0.665. The first-order valence-corrected chi connectivity index (χ1v) is 20.9. The average molecular weight is 796 g/mol. The van der Waals surface area contributed by atoms with Crippen molar-refractivity contribution in [1.82, 2.24) is 5.32 Å². The van der Waals surface area contributed by atoms with Gasteiger partial charge in [-0.1, -0.05) is 182 Å². The van der Waals surface area contributed by atoms with E-state index in [1.807, 2.05) is 24.3 Å². The van der Waals surface area contributed by atoms with Gasteiger partial charge in [-0.2, -0.15) is 0 Å². The number of para-hydroxylation sites is 1. The summed E-state index contributed by atoms with van der Waals surface area (Å²) in [5.41, 5.74) is 15.5. The van der Waals surface area contributed by atoms with Gasteiger partial charge in [-0.15, -0.1) is 0 Å². The summed E-state index contributed by atoms with van der Waals surface area (Å²) in [6, 6.07) is 74.1. The van der Waals surface area contributed by atoms with E-state index in [0.717, 1.165) is 106 Å². The molecular weight excluding hydrogens is 759 g/mol. The first-order chi connectivity index (χ1) is 30.7. The van der Waals surface area contributed by atoms with Crippen LogP contribution in [0.1, 0.15) is 22.9 Å². The molecule has 292 valence electrons. The zero-order valence-electron chi connectivity index (χ0n) is 33.5. The fourth-order valence-electron chi connectivity index (χ4n) is 8.89. The first kappa shape index (κ1) is 35.6. The zero-order valence-corrected chi connectivity index (χ0v) is 33.5. The van der Waals surface area contributed by atoms with E-state index in [1.165, 1.54) is 11.1 Å². The predicted molar refractivity (Wildman–Crippen MR) is 255 cm³/mol. The SMILES string of the molecule is c1ccc(-c2ccc(C3=NC(c4ccc5c(c4)oc4cccc(-c6ccccc6-c6ccc7oc8ccccc8c7c6)c45)N=C(c4ccc(-c5ccccc5)cc4)N3)cc2)cc1. The van der Waals surface area contributed by atoms with Crippen molar-refractivity contribution in [3.05, 3.63) is 229 Å². The number of aliphatic imine (C=N–C) groups is 2. The Morgan fingerprint density at radius 3 is 1.53 bits per heavy atom. The van der Waals surface area contributed by atoms with Gasteiger partial charge in [0.15, 0.2) is 6.17 Å². The summed E-state index contributed by atoms with van der Waals surface area (Å²) in [6.07, 6.45) is -0.504. The Bertz CT molecular complexity index is 3430. The Hall–Kier alpha value is -8.28. The molecule has 0 spiro atoms. The molecule has 0 fully saturated rings. The van der Waals surface area contributed by atoms with Crippen molar-refractivity contribution < 1.29 is 8.83 Å². The molecular formula is C57H37N3O2. The lowest BCUT2D eigenvalue weighted by Crippen LogP contribution is -2.36. The van der Waals surface area contributed by atoms with Crippen LogP contribution >= 0.6 is 0 Å². The van der Waals surface area contributed by atoms with Gasteiger partial charge in [-0.3, -0.25) is 0 Å². The van der Waals surface area contributed by atoms with Crippen molar-refractivity contribution in [3.8, 4) is 44.5 Å². The second-order valence-corrected chi connectivity index (χ2v) is 15.7. The molecule has 5 nitrogen and oxygen atoms in total. The zero-order chi connectivity index (χ0) is 41.0. The maximum atomic E-state index is 6.70. The molecule has 12 rings (SSSR count). The van der Waals surface area contributed by atoms with Crippen LogP contribution in [0.2, 0.25) is 0 Å². The molecule has 2 aromatic heterocycles. The minimum absolute atomic E-state index is 0.504. The van der Waals surface area contributed by atoms with E-state index in [2.05, 4.69) is 193 Å². The summed E-state index contributed by atoms with van der Waals surface area (Å²) >= 11 is 0. The minimum Gasteiger partial charge on any atom is -0.456 e. The first-order valence-electron chi connectivity index (χ1n) is 20.9. The van der Waals surface area contributed by atoms with Crippen molar-refractivity contribution >= 4 is 55.5 Å². The van der Waals surface area contributed by atoms with Crippen LogP contribution in [0.15, 0.2) is 231 Å². The average Bonchev–Trinajstić information content (AvgIpc) is 3.92. The summed E-state index contributed by atoms with van der Waals surface area (Å²) in [6.45, 7) is 0. The third-order valence-electron chi connectivity index (χ3n) is 12.0. The van der Waals surface area contributed by atoms with Crippen molar-refractivity contribution in [3.63, 3.8) is 0 Å². The van der Waals surface area contributed by atoms with E-state index in [0.29, 0.717) is 0 Å². The molecule has 0 bridgehead atoms. The Balaban J connectivity index is 0.943. The maximum Gasteiger partial charge on any atom is 0.169 e. The number of hydrogen-bond donors (Lipinski definition) is 1. The van der Waals surface area contributed by atoms with Crippen LogP contribution in [0, 0.1) is 0 Å². The molecule has 0 amide bonds. The number of furan rings is 2. The number of nitrogens with one attached hydrogen (secondary N) is 1. The minimum atomic E-state index is -0.504. The lowest BCUT2D eigenvalue weighted by atomic mass is 9.91. The molecule has 1 aliphatic heterocycles. The van der Waals surface area contributed by atoms with Gasteiger partial charge < -0.3 is 14.2 Å². The number of nitrogens with zero attached hydrogens (tertiary/aromatic N) is 2. The van der Waals surface area contributed by atoms with Crippen LogP contribution in [0.25, 0.3) is 88.4 Å². The second-order valence-electron chi connectivity index (χ2n) is 15.7.